The maximum Gasteiger partial charge on any atom is 0.245 e. The Morgan fingerprint density at radius 1 is 1.03 bits per heavy atom. The van der Waals surface area contributed by atoms with Crippen molar-refractivity contribution in [3.05, 3.63) is 58.7 Å². The molecule has 5 heteroatoms. The molecule has 0 aromatic rings. The van der Waals surface area contributed by atoms with Crippen LogP contribution in [-0.2, 0) is 9.59 Å². The highest BCUT2D eigenvalue weighted by Gasteiger charge is 2.26. The summed E-state index contributed by atoms with van der Waals surface area (Å²) in [6.45, 7) is 10.4. The number of amides is 2. The van der Waals surface area contributed by atoms with Crippen LogP contribution in [0, 0.1) is 5.41 Å². The molecular weight excluding hydrogens is 448 g/mol. The molecule has 1 atom stereocenters. The molecule has 2 aliphatic carbocycles. The number of aliphatic hydroxyl groups is 1. The summed E-state index contributed by atoms with van der Waals surface area (Å²) in [6, 6.07) is -0.817. The fourth-order valence-electron chi connectivity index (χ4n) is 5.20. The number of hydrogen-bond acceptors (Lipinski definition) is 3. The van der Waals surface area contributed by atoms with E-state index in [0.29, 0.717) is 0 Å². The second kappa shape index (κ2) is 15.0. The Labute approximate surface area is 218 Å². The van der Waals surface area contributed by atoms with Gasteiger partial charge in [-0.15, -0.1) is 0 Å². The summed E-state index contributed by atoms with van der Waals surface area (Å²) in [7, 11) is 0. The molecule has 0 radical (unpaired) electrons. The third-order valence-electron chi connectivity index (χ3n) is 7.40. The Morgan fingerprint density at radius 3 is 2.33 bits per heavy atom. The van der Waals surface area contributed by atoms with Crippen LogP contribution in [0.5, 0.6) is 0 Å². The standard InChI is InChI=1S/C31H48N2O3/c1-23(18-19-27-25(3)15-12-20-31(27,4)5)13-11-14-24(2)21-29(35)33-28(22-34)30(36)32-26-16-9-7-6-8-10-17-26/h11,13-14,18-19,21,26,28,34H,6-10,12,15-17,20,22H2,1-5H3,(H,32,36)(H,33,35)/t28-/m0/s1. The first kappa shape index (κ1) is 29.8. The van der Waals surface area contributed by atoms with E-state index in [-0.39, 0.29) is 23.3 Å². The lowest BCUT2D eigenvalue weighted by molar-refractivity contribution is -0.128. The van der Waals surface area contributed by atoms with Crippen LogP contribution in [-0.4, -0.2) is 35.6 Å². The van der Waals surface area contributed by atoms with Crippen LogP contribution in [0.3, 0.4) is 0 Å². The molecule has 3 N–H and O–H groups in total. The minimum atomic E-state index is -0.940. The molecule has 36 heavy (non-hydrogen) atoms. The zero-order chi connectivity index (χ0) is 26.6. The smallest absolute Gasteiger partial charge is 0.245 e. The molecule has 1 saturated carbocycles. The Kier molecular flexibility index (Phi) is 12.4. The molecule has 5 nitrogen and oxygen atoms in total. The number of carbonyl (C=O) groups excluding carboxylic acids is 2. The van der Waals surface area contributed by atoms with Crippen LogP contribution in [0.2, 0.25) is 0 Å². The van der Waals surface area contributed by atoms with Crippen molar-refractivity contribution < 1.29 is 14.7 Å². The van der Waals surface area contributed by atoms with Gasteiger partial charge in [0.05, 0.1) is 6.61 Å². The molecule has 0 aromatic heterocycles. The van der Waals surface area contributed by atoms with Crippen LogP contribution < -0.4 is 10.6 Å². The third-order valence-corrected chi connectivity index (χ3v) is 7.40. The van der Waals surface area contributed by atoms with Crippen molar-refractivity contribution in [3.8, 4) is 0 Å². The van der Waals surface area contributed by atoms with Gasteiger partial charge >= 0.3 is 0 Å². The van der Waals surface area contributed by atoms with Crippen molar-refractivity contribution >= 4 is 11.8 Å². The number of hydrogen-bond donors (Lipinski definition) is 3. The summed E-state index contributed by atoms with van der Waals surface area (Å²) in [5.74, 6) is -0.693. The molecule has 1 fully saturated rings. The van der Waals surface area contributed by atoms with Crippen molar-refractivity contribution in [1.82, 2.24) is 10.6 Å². The molecule has 2 rings (SSSR count). The number of allylic oxidation sites excluding steroid dienone is 9. The molecule has 2 aliphatic rings. The quantitative estimate of drug-likeness (QED) is 0.262. The molecule has 0 spiro atoms. The highest BCUT2D eigenvalue weighted by Crippen LogP contribution is 2.40. The van der Waals surface area contributed by atoms with Gasteiger partial charge in [0.1, 0.15) is 6.04 Å². The highest BCUT2D eigenvalue weighted by atomic mass is 16.3. The normalized spacial score (nSPS) is 21.4. The minimum absolute atomic E-state index is 0.123. The van der Waals surface area contributed by atoms with E-state index in [9.17, 15) is 14.7 Å². The molecule has 0 aromatic carbocycles. The number of aliphatic hydroxyl groups excluding tert-OH is 1. The summed E-state index contributed by atoms with van der Waals surface area (Å²) in [5.41, 5.74) is 5.05. The lowest BCUT2D eigenvalue weighted by Crippen LogP contribution is -2.51. The molecule has 0 aliphatic heterocycles. The van der Waals surface area contributed by atoms with Crippen molar-refractivity contribution in [2.24, 2.45) is 5.41 Å². The van der Waals surface area contributed by atoms with Gasteiger partial charge in [0.15, 0.2) is 0 Å². The molecule has 0 unspecified atom stereocenters. The first-order valence-corrected chi connectivity index (χ1v) is 13.8. The zero-order valence-corrected chi connectivity index (χ0v) is 23.2. The van der Waals surface area contributed by atoms with Crippen molar-refractivity contribution in [2.75, 3.05) is 6.61 Å². The minimum Gasteiger partial charge on any atom is -0.394 e. The van der Waals surface area contributed by atoms with Gasteiger partial charge in [-0.3, -0.25) is 9.59 Å². The zero-order valence-electron chi connectivity index (χ0n) is 23.2. The topological polar surface area (TPSA) is 78.4 Å². The maximum atomic E-state index is 12.6. The lowest BCUT2D eigenvalue weighted by atomic mass is 9.72. The average molecular weight is 497 g/mol. The van der Waals surface area contributed by atoms with E-state index in [1.807, 2.05) is 25.2 Å². The van der Waals surface area contributed by atoms with Gasteiger partial charge in [0.2, 0.25) is 11.8 Å². The van der Waals surface area contributed by atoms with Gasteiger partial charge in [-0.05, 0) is 69.4 Å². The van der Waals surface area contributed by atoms with E-state index in [0.717, 1.165) is 36.8 Å². The molecule has 200 valence electrons. The van der Waals surface area contributed by atoms with Crippen LogP contribution >= 0.6 is 0 Å². The van der Waals surface area contributed by atoms with Crippen LogP contribution in [0.25, 0.3) is 0 Å². The van der Waals surface area contributed by atoms with Gasteiger partial charge in [0, 0.05) is 12.1 Å². The Morgan fingerprint density at radius 2 is 1.69 bits per heavy atom. The monoisotopic (exact) mass is 496 g/mol. The van der Waals surface area contributed by atoms with Crippen molar-refractivity contribution in [3.63, 3.8) is 0 Å². The fourth-order valence-corrected chi connectivity index (χ4v) is 5.20. The van der Waals surface area contributed by atoms with Gasteiger partial charge in [-0.1, -0.05) is 87.5 Å². The van der Waals surface area contributed by atoms with Crippen LogP contribution in [0.15, 0.2) is 58.7 Å². The predicted octanol–water partition coefficient (Wildman–Crippen LogP) is 6.22. The van der Waals surface area contributed by atoms with Gasteiger partial charge < -0.3 is 15.7 Å². The average Bonchev–Trinajstić information content (AvgIpc) is 2.78. The van der Waals surface area contributed by atoms with E-state index >= 15 is 0 Å². The van der Waals surface area contributed by atoms with E-state index in [4.69, 9.17) is 0 Å². The number of carbonyl (C=O) groups is 2. The summed E-state index contributed by atoms with van der Waals surface area (Å²) in [6.07, 6.45) is 23.1. The largest absolute Gasteiger partial charge is 0.394 e. The first-order chi connectivity index (χ1) is 17.1. The van der Waals surface area contributed by atoms with Gasteiger partial charge in [-0.25, -0.2) is 0 Å². The number of rotatable bonds is 9. The lowest BCUT2D eigenvalue weighted by Gasteiger charge is -2.32. The first-order valence-electron chi connectivity index (χ1n) is 13.8. The van der Waals surface area contributed by atoms with Crippen LogP contribution in [0.1, 0.15) is 98.8 Å². The molecule has 0 heterocycles. The van der Waals surface area contributed by atoms with E-state index in [2.05, 4.69) is 50.5 Å². The summed E-state index contributed by atoms with van der Waals surface area (Å²) in [4.78, 5) is 25.0. The fraction of sp³-hybridized carbons (Fsp3) is 0.613. The predicted molar refractivity (Wildman–Crippen MR) is 149 cm³/mol. The maximum absolute atomic E-state index is 12.6. The Balaban J connectivity index is 1.89. The van der Waals surface area contributed by atoms with E-state index in [1.165, 1.54) is 55.7 Å². The molecule has 2 amide bonds. The summed E-state index contributed by atoms with van der Waals surface area (Å²) >= 11 is 0. The SMILES string of the molecule is CC(C=CC1=C(C)CCCC1(C)C)=CC=CC(C)=CC(=O)N[C@@H](CO)C(=O)NC1CCCCCCC1. The molecule has 0 saturated heterocycles. The third kappa shape index (κ3) is 10.3. The van der Waals surface area contributed by atoms with Crippen LogP contribution in [0.4, 0.5) is 0 Å². The number of nitrogens with one attached hydrogen (secondary N) is 2. The van der Waals surface area contributed by atoms with Gasteiger partial charge in [-0.2, -0.15) is 0 Å². The molecule has 0 bridgehead atoms. The van der Waals surface area contributed by atoms with Crippen molar-refractivity contribution in [2.45, 2.75) is 111 Å². The Bertz CT molecular complexity index is 897. The van der Waals surface area contributed by atoms with Gasteiger partial charge in [0.25, 0.3) is 0 Å². The van der Waals surface area contributed by atoms with E-state index < -0.39 is 12.6 Å². The van der Waals surface area contributed by atoms with Crippen molar-refractivity contribution in [1.29, 1.82) is 0 Å². The van der Waals surface area contributed by atoms with E-state index in [1.54, 1.807) is 0 Å². The second-order valence-corrected chi connectivity index (χ2v) is 11.2. The summed E-state index contributed by atoms with van der Waals surface area (Å²) in [5, 5.41) is 15.3. The highest BCUT2D eigenvalue weighted by molar-refractivity contribution is 5.93. The molecular formula is C31H48N2O3. The second-order valence-electron chi connectivity index (χ2n) is 11.2. The Hall–Kier alpha value is -2.40. The summed E-state index contributed by atoms with van der Waals surface area (Å²) < 4.78 is 0.